The number of ether oxygens (including phenoxy) is 1. The molecular weight excluding hydrogens is 334 g/mol. The van der Waals surface area contributed by atoms with Gasteiger partial charge in [-0.05, 0) is 48.9 Å². The van der Waals surface area contributed by atoms with Crippen LogP contribution < -0.4 is 4.74 Å². The minimum Gasteiger partial charge on any atom is -0.457 e. The second-order valence-electron chi connectivity index (χ2n) is 6.80. The molecule has 1 N–H and O–H groups in total. The number of hydrogen-bond acceptors (Lipinski definition) is 3. The molecule has 0 spiro atoms. The smallest absolute Gasteiger partial charge is 0.129 e. The van der Waals surface area contributed by atoms with Crippen molar-refractivity contribution in [2.45, 2.75) is 13.0 Å². The lowest BCUT2D eigenvalue weighted by atomic mass is 10.1. The lowest BCUT2D eigenvalue weighted by molar-refractivity contribution is 0.331. The predicted octanol–water partition coefficient (Wildman–Crippen LogP) is 5.03. The van der Waals surface area contributed by atoms with Gasteiger partial charge in [0.05, 0.1) is 17.4 Å². The van der Waals surface area contributed by atoms with Crippen molar-refractivity contribution in [3.63, 3.8) is 0 Å². The first-order valence-electron chi connectivity index (χ1n) is 9.19. The summed E-state index contributed by atoms with van der Waals surface area (Å²) in [5.41, 5.74) is 4.57. The normalized spacial score (nSPS) is 11.2. The Balaban J connectivity index is 1.32. The van der Waals surface area contributed by atoms with Crippen molar-refractivity contribution in [2.75, 3.05) is 13.6 Å². The van der Waals surface area contributed by atoms with Gasteiger partial charge < -0.3 is 14.6 Å². The molecule has 27 heavy (non-hydrogen) atoms. The van der Waals surface area contributed by atoms with Crippen molar-refractivity contribution in [1.29, 1.82) is 0 Å². The van der Waals surface area contributed by atoms with E-state index in [0.29, 0.717) is 0 Å². The zero-order valence-electron chi connectivity index (χ0n) is 15.4. The standard InChI is InChI=1S/C23H23N3O/c1-26(14-13-18-5-3-2-4-6-18)16-19-7-9-20(10-8-19)27-21-11-12-22-23(15-21)25-17-24-22/h2-12,15,17H,13-14,16H2,1H3,(H,24,25). The van der Waals surface area contributed by atoms with Gasteiger partial charge in [0, 0.05) is 19.2 Å². The number of aromatic nitrogens is 2. The van der Waals surface area contributed by atoms with E-state index < -0.39 is 0 Å². The van der Waals surface area contributed by atoms with Gasteiger partial charge in [-0.2, -0.15) is 0 Å². The Kier molecular flexibility index (Phi) is 5.17. The Labute approximate surface area is 159 Å². The van der Waals surface area contributed by atoms with E-state index in [4.69, 9.17) is 4.74 Å². The highest BCUT2D eigenvalue weighted by atomic mass is 16.5. The molecule has 0 unspecified atom stereocenters. The summed E-state index contributed by atoms with van der Waals surface area (Å²) in [5.74, 6) is 1.64. The van der Waals surface area contributed by atoms with Crippen LogP contribution in [-0.4, -0.2) is 28.5 Å². The molecule has 0 radical (unpaired) electrons. The number of aromatic amines is 1. The number of imidazole rings is 1. The lowest BCUT2D eigenvalue weighted by Gasteiger charge is -2.17. The van der Waals surface area contributed by atoms with Crippen molar-refractivity contribution in [3.05, 3.63) is 90.3 Å². The van der Waals surface area contributed by atoms with Crippen LogP contribution in [0.2, 0.25) is 0 Å². The summed E-state index contributed by atoms with van der Waals surface area (Å²) < 4.78 is 5.96. The van der Waals surface area contributed by atoms with Gasteiger partial charge >= 0.3 is 0 Å². The number of hydrogen-bond donors (Lipinski definition) is 1. The van der Waals surface area contributed by atoms with Crippen LogP contribution in [0.3, 0.4) is 0 Å². The quantitative estimate of drug-likeness (QED) is 0.504. The molecule has 0 amide bonds. The molecule has 3 aromatic carbocycles. The van der Waals surface area contributed by atoms with E-state index in [1.807, 2.05) is 30.3 Å². The number of likely N-dealkylation sites (N-methyl/N-ethyl adjacent to an activating group) is 1. The number of benzene rings is 3. The van der Waals surface area contributed by atoms with Crippen LogP contribution in [0.25, 0.3) is 11.0 Å². The van der Waals surface area contributed by atoms with Crippen molar-refractivity contribution < 1.29 is 4.74 Å². The molecule has 0 aliphatic carbocycles. The molecule has 0 aliphatic rings. The molecule has 136 valence electrons. The highest BCUT2D eigenvalue weighted by molar-refractivity contribution is 5.76. The highest BCUT2D eigenvalue weighted by Gasteiger charge is 2.04. The molecule has 0 saturated heterocycles. The van der Waals surface area contributed by atoms with E-state index in [0.717, 1.165) is 42.0 Å². The van der Waals surface area contributed by atoms with Gasteiger partial charge in [-0.3, -0.25) is 0 Å². The van der Waals surface area contributed by atoms with Gasteiger partial charge in [0.2, 0.25) is 0 Å². The van der Waals surface area contributed by atoms with Crippen molar-refractivity contribution in [2.24, 2.45) is 0 Å². The van der Waals surface area contributed by atoms with Crippen LogP contribution >= 0.6 is 0 Å². The lowest BCUT2D eigenvalue weighted by Crippen LogP contribution is -2.20. The molecule has 4 aromatic rings. The summed E-state index contributed by atoms with van der Waals surface area (Å²) >= 11 is 0. The molecule has 0 bridgehead atoms. The maximum absolute atomic E-state index is 5.96. The molecule has 0 atom stereocenters. The van der Waals surface area contributed by atoms with E-state index >= 15 is 0 Å². The fourth-order valence-electron chi connectivity index (χ4n) is 3.13. The average molecular weight is 357 g/mol. The van der Waals surface area contributed by atoms with E-state index in [-0.39, 0.29) is 0 Å². The third-order valence-corrected chi connectivity index (χ3v) is 4.63. The summed E-state index contributed by atoms with van der Waals surface area (Å²) in [4.78, 5) is 9.67. The van der Waals surface area contributed by atoms with Crippen molar-refractivity contribution >= 4 is 11.0 Å². The topological polar surface area (TPSA) is 41.1 Å². The van der Waals surface area contributed by atoms with Crippen molar-refractivity contribution in [1.82, 2.24) is 14.9 Å². The summed E-state index contributed by atoms with van der Waals surface area (Å²) in [5, 5.41) is 0. The van der Waals surface area contributed by atoms with Gasteiger partial charge in [-0.25, -0.2) is 4.98 Å². The third-order valence-electron chi connectivity index (χ3n) is 4.63. The van der Waals surface area contributed by atoms with Gasteiger partial charge in [-0.1, -0.05) is 42.5 Å². The van der Waals surface area contributed by atoms with E-state index in [1.165, 1.54) is 11.1 Å². The largest absolute Gasteiger partial charge is 0.457 e. The molecule has 0 aliphatic heterocycles. The Morgan fingerprint density at radius 1 is 0.889 bits per heavy atom. The molecule has 4 heteroatoms. The molecule has 4 nitrogen and oxygen atoms in total. The molecular formula is C23H23N3O. The number of nitrogens with one attached hydrogen (secondary N) is 1. The van der Waals surface area contributed by atoms with Crippen LogP contribution in [0.4, 0.5) is 0 Å². The Hall–Kier alpha value is -3.11. The third kappa shape index (κ3) is 4.54. The van der Waals surface area contributed by atoms with Crippen molar-refractivity contribution in [3.8, 4) is 11.5 Å². The van der Waals surface area contributed by atoms with E-state index in [9.17, 15) is 0 Å². The highest BCUT2D eigenvalue weighted by Crippen LogP contribution is 2.24. The van der Waals surface area contributed by atoms with Gasteiger partial charge in [0.25, 0.3) is 0 Å². The molecule has 0 fully saturated rings. The summed E-state index contributed by atoms with van der Waals surface area (Å²) in [6, 6.07) is 24.8. The maximum atomic E-state index is 5.96. The van der Waals surface area contributed by atoms with Crippen LogP contribution in [0, 0.1) is 0 Å². The number of rotatable bonds is 7. The monoisotopic (exact) mass is 357 g/mol. The van der Waals surface area contributed by atoms with Gasteiger partial charge in [-0.15, -0.1) is 0 Å². The summed E-state index contributed by atoms with van der Waals surface area (Å²) in [6.45, 7) is 1.96. The van der Waals surface area contributed by atoms with Gasteiger partial charge in [0.1, 0.15) is 11.5 Å². The first-order chi connectivity index (χ1) is 13.3. The zero-order chi connectivity index (χ0) is 18.5. The predicted molar refractivity (Wildman–Crippen MR) is 109 cm³/mol. The SMILES string of the molecule is CN(CCc1ccccc1)Cc1ccc(Oc2ccc3nc[nH]c3c2)cc1. The minimum absolute atomic E-state index is 0.805. The van der Waals surface area contributed by atoms with Crippen LogP contribution in [-0.2, 0) is 13.0 Å². The average Bonchev–Trinajstić information content (AvgIpc) is 3.17. The summed E-state index contributed by atoms with van der Waals surface area (Å²) in [6.07, 6.45) is 2.76. The number of nitrogens with zero attached hydrogens (tertiary/aromatic N) is 2. The van der Waals surface area contributed by atoms with E-state index in [1.54, 1.807) is 6.33 Å². The molecule has 0 saturated carbocycles. The van der Waals surface area contributed by atoms with Crippen LogP contribution in [0.5, 0.6) is 11.5 Å². The first kappa shape index (κ1) is 17.3. The minimum atomic E-state index is 0.805. The Morgan fingerprint density at radius 2 is 1.67 bits per heavy atom. The van der Waals surface area contributed by atoms with Gasteiger partial charge in [0.15, 0.2) is 0 Å². The van der Waals surface area contributed by atoms with E-state index in [2.05, 4.69) is 64.4 Å². The molecule has 1 heterocycles. The number of fused-ring (bicyclic) bond motifs is 1. The van der Waals surface area contributed by atoms with Crippen LogP contribution in [0.1, 0.15) is 11.1 Å². The maximum Gasteiger partial charge on any atom is 0.129 e. The van der Waals surface area contributed by atoms with Crippen LogP contribution in [0.15, 0.2) is 79.1 Å². The zero-order valence-corrected chi connectivity index (χ0v) is 15.4. The Bertz CT molecular complexity index is 993. The first-order valence-corrected chi connectivity index (χ1v) is 9.19. The fraction of sp³-hybridized carbons (Fsp3) is 0.174. The summed E-state index contributed by atoms with van der Waals surface area (Å²) in [7, 11) is 2.16. The molecule has 4 rings (SSSR count). The second kappa shape index (κ2) is 8.06. The second-order valence-corrected chi connectivity index (χ2v) is 6.80. The Morgan fingerprint density at radius 3 is 2.48 bits per heavy atom. The fourth-order valence-corrected chi connectivity index (χ4v) is 3.13. The molecule has 1 aromatic heterocycles. The number of H-pyrrole nitrogens is 1.